The maximum absolute atomic E-state index is 3.72. The summed E-state index contributed by atoms with van der Waals surface area (Å²) >= 11 is 0. The van der Waals surface area contributed by atoms with Gasteiger partial charge in [0.15, 0.2) is 0 Å². The van der Waals surface area contributed by atoms with Crippen LogP contribution in [0.15, 0.2) is 18.2 Å². The summed E-state index contributed by atoms with van der Waals surface area (Å²) in [7, 11) is 0. The first-order valence-electron chi connectivity index (χ1n) is 7.99. The van der Waals surface area contributed by atoms with Gasteiger partial charge in [-0.1, -0.05) is 49.1 Å². The molecule has 1 aliphatic carbocycles. The minimum atomic E-state index is 0.730. The summed E-state index contributed by atoms with van der Waals surface area (Å²) in [4.78, 5) is 0. The first-order chi connectivity index (χ1) is 9.19. The number of benzene rings is 1. The van der Waals surface area contributed by atoms with Crippen molar-refractivity contribution in [1.82, 2.24) is 5.32 Å². The number of rotatable bonds is 6. The van der Waals surface area contributed by atoms with E-state index < -0.39 is 0 Å². The van der Waals surface area contributed by atoms with E-state index >= 15 is 0 Å². The Morgan fingerprint density at radius 2 is 1.74 bits per heavy atom. The highest BCUT2D eigenvalue weighted by Gasteiger charge is 2.23. The van der Waals surface area contributed by atoms with E-state index in [0.717, 1.165) is 18.5 Å². The highest BCUT2D eigenvalue weighted by atomic mass is 14.9. The molecule has 1 N–H and O–H groups in total. The normalized spacial score (nSPS) is 17.8. The third-order valence-electron chi connectivity index (χ3n) is 4.46. The lowest BCUT2D eigenvalue weighted by molar-refractivity contribution is 0.346. The lowest BCUT2D eigenvalue weighted by Crippen LogP contribution is -2.35. The smallest absolute Gasteiger partial charge is 0.00983 e. The molecular weight excluding hydrogens is 230 g/mol. The van der Waals surface area contributed by atoms with Crippen LogP contribution in [0.5, 0.6) is 0 Å². The fourth-order valence-corrected chi connectivity index (χ4v) is 3.66. The van der Waals surface area contributed by atoms with Gasteiger partial charge in [-0.3, -0.25) is 0 Å². The second-order valence-corrected chi connectivity index (χ2v) is 6.24. The predicted octanol–water partition coefficient (Wildman–Crippen LogP) is 4.40. The van der Waals surface area contributed by atoms with E-state index in [0.29, 0.717) is 0 Å². The van der Waals surface area contributed by atoms with Crippen LogP contribution >= 0.6 is 0 Å². The van der Waals surface area contributed by atoms with Gasteiger partial charge in [0.2, 0.25) is 0 Å². The van der Waals surface area contributed by atoms with Crippen LogP contribution in [0.1, 0.15) is 55.7 Å². The van der Waals surface area contributed by atoms with Crippen molar-refractivity contribution in [3.8, 4) is 0 Å². The van der Waals surface area contributed by atoms with Gasteiger partial charge in [-0.15, -0.1) is 0 Å². The summed E-state index contributed by atoms with van der Waals surface area (Å²) in [6, 6.07) is 7.70. The third kappa shape index (κ3) is 4.35. The quantitative estimate of drug-likeness (QED) is 0.798. The zero-order valence-corrected chi connectivity index (χ0v) is 12.8. The molecule has 0 bridgehead atoms. The van der Waals surface area contributed by atoms with Crippen molar-refractivity contribution in [2.45, 2.75) is 65.3 Å². The zero-order valence-electron chi connectivity index (χ0n) is 12.8. The van der Waals surface area contributed by atoms with Crippen molar-refractivity contribution in [2.24, 2.45) is 5.92 Å². The SMILES string of the molecule is CCNC(CCc1cc(C)cc(C)c1)C1CCCC1. The average Bonchev–Trinajstić information content (AvgIpc) is 2.87. The fraction of sp³-hybridized carbons (Fsp3) is 0.667. The van der Waals surface area contributed by atoms with E-state index in [2.05, 4.69) is 44.3 Å². The summed E-state index contributed by atoms with van der Waals surface area (Å²) in [5, 5.41) is 3.72. The summed E-state index contributed by atoms with van der Waals surface area (Å²) < 4.78 is 0. The van der Waals surface area contributed by atoms with Crippen molar-refractivity contribution in [1.29, 1.82) is 0 Å². The largest absolute Gasteiger partial charge is 0.314 e. The molecule has 0 spiro atoms. The molecule has 106 valence electrons. The second-order valence-electron chi connectivity index (χ2n) is 6.24. The molecule has 0 radical (unpaired) electrons. The van der Waals surface area contributed by atoms with Gasteiger partial charge < -0.3 is 5.32 Å². The van der Waals surface area contributed by atoms with Crippen molar-refractivity contribution < 1.29 is 0 Å². The number of nitrogens with one attached hydrogen (secondary N) is 1. The standard InChI is InChI=1S/C18H29N/c1-4-19-18(17-7-5-6-8-17)10-9-16-12-14(2)11-15(3)13-16/h11-13,17-19H,4-10H2,1-3H3. The van der Waals surface area contributed by atoms with Gasteiger partial charge >= 0.3 is 0 Å². The molecule has 0 aliphatic heterocycles. The van der Waals surface area contributed by atoms with E-state index in [9.17, 15) is 0 Å². The Kier molecular flexibility index (Phi) is 5.45. The molecule has 0 heterocycles. The van der Waals surface area contributed by atoms with Gasteiger partial charge in [-0.25, -0.2) is 0 Å². The molecule has 1 unspecified atom stereocenters. The summed E-state index contributed by atoms with van der Waals surface area (Å²) in [6.45, 7) is 7.75. The highest BCUT2D eigenvalue weighted by molar-refractivity contribution is 5.28. The van der Waals surface area contributed by atoms with Crippen LogP contribution in [-0.2, 0) is 6.42 Å². The van der Waals surface area contributed by atoms with Crippen LogP contribution in [0.3, 0.4) is 0 Å². The minimum Gasteiger partial charge on any atom is -0.314 e. The molecule has 1 aromatic carbocycles. The van der Waals surface area contributed by atoms with Gasteiger partial charge in [0.1, 0.15) is 0 Å². The van der Waals surface area contributed by atoms with Crippen LogP contribution in [0, 0.1) is 19.8 Å². The Bertz CT molecular complexity index is 370. The molecule has 1 atom stereocenters. The molecular formula is C18H29N. The first-order valence-corrected chi connectivity index (χ1v) is 7.99. The monoisotopic (exact) mass is 259 g/mol. The van der Waals surface area contributed by atoms with E-state index in [1.165, 1.54) is 55.2 Å². The van der Waals surface area contributed by atoms with E-state index in [1.54, 1.807) is 0 Å². The summed E-state index contributed by atoms with van der Waals surface area (Å²) in [5.41, 5.74) is 4.31. The Labute approximate surface area is 118 Å². The van der Waals surface area contributed by atoms with Crippen molar-refractivity contribution in [3.63, 3.8) is 0 Å². The molecule has 1 fully saturated rings. The number of aryl methyl sites for hydroxylation is 3. The topological polar surface area (TPSA) is 12.0 Å². The maximum atomic E-state index is 3.72. The van der Waals surface area contributed by atoms with Crippen molar-refractivity contribution in [2.75, 3.05) is 6.54 Å². The number of hydrogen-bond acceptors (Lipinski definition) is 1. The van der Waals surface area contributed by atoms with Crippen LogP contribution in [-0.4, -0.2) is 12.6 Å². The Balaban J connectivity index is 1.93. The molecule has 2 rings (SSSR count). The van der Waals surface area contributed by atoms with Crippen LogP contribution in [0.25, 0.3) is 0 Å². The molecule has 1 aromatic rings. The van der Waals surface area contributed by atoms with Gasteiger partial charge in [-0.2, -0.15) is 0 Å². The lowest BCUT2D eigenvalue weighted by atomic mass is 9.92. The van der Waals surface area contributed by atoms with Crippen molar-refractivity contribution in [3.05, 3.63) is 34.9 Å². The Hall–Kier alpha value is -0.820. The van der Waals surface area contributed by atoms with Gasteiger partial charge in [-0.05, 0) is 57.6 Å². The van der Waals surface area contributed by atoms with Gasteiger partial charge in [0.25, 0.3) is 0 Å². The van der Waals surface area contributed by atoms with Crippen LogP contribution in [0.2, 0.25) is 0 Å². The average molecular weight is 259 g/mol. The molecule has 0 saturated heterocycles. The molecule has 1 aliphatic rings. The zero-order chi connectivity index (χ0) is 13.7. The van der Waals surface area contributed by atoms with Crippen LogP contribution < -0.4 is 5.32 Å². The molecule has 0 aromatic heterocycles. The summed E-state index contributed by atoms with van der Waals surface area (Å²) in [5.74, 6) is 0.922. The third-order valence-corrected chi connectivity index (χ3v) is 4.46. The maximum Gasteiger partial charge on any atom is 0.00983 e. The highest BCUT2D eigenvalue weighted by Crippen LogP contribution is 2.29. The molecule has 1 saturated carbocycles. The van der Waals surface area contributed by atoms with Crippen LogP contribution in [0.4, 0.5) is 0 Å². The number of hydrogen-bond donors (Lipinski definition) is 1. The first kappa shape index (κ1) is 14.6. The predicted molar refractivity (Wildman–Crippen MR) is 83.7 cm³/mol. The minimum absolute atomic E-state index is 0.730. The van der Waals surface area contributed by atoms with Crippen molar-refractivity contribution >= 4 is 0 Å². The Morgan fingerprint density at radius 1 is 1.11 bits per heavy atom. The summed E-state index contributed by atoms with van der Waals surface area (Å²) in [6.07, 6.45) is 8.26. The molecule has 19 heavy (non-hydrogen) atoms. The van der Waals surface area contributed by atoms with Gasteiger partial charge in [0, 0.05) is 6.04 Å². The van der Waals surface area contributed by atoms with E-state index in [-0.39, 0.29) is 0 Å². The van der Waals surface area contributed by atoms with Gasteiger partial charge in [0.05, 0.1) is 0 Å². The Morgan fingerprint density at radius 3 is 2.32 bits per heavy atom. The van der Waals surface area contributed by atoms with E-state index in [4.69, 9.17) is 0 Å². The lowest BCUT2D eigenvalue weighted by Gasteiger charge is -2.24. The molecule has 1 nitrogen and oxygen atoms in total. The molecule has 0 amide bonds. The fourth-order valence-electron chi connectivity index (χ4n) is 3.66. The van der Waals surface area contributed by atoms with E-state index in [1.807, 2.05) is 0 Å². The molecule has 1 heteroatoms. The second kappa shape index (κ2) is 7.09.